The van der Waals surface area contributed by atoms with Gasteiger partial charge in [-0.15, -0.1) is 0 Å². The fourth-order valence-electron chi connectivity index (χ4n) is 3.12. The minimum Gasteiger partial charge on any atom is -0.497 e. The second kappa shape index (κ2) is 9.45. The first-order chi connectivity index (χ1) is 15.1. The molecule has 1 aliphatic rings. The number of hydrogen-bond acceptors (Lipinski definition) is 5. The van der Waals surface area contributed by atoms with Crippen molar-refractivity contribution < 1.29 is 36.2 Å². The lowest BCUT2D eigenvalue weighted by Crippen LogP contribution is -2.50. The van der Waals surface area contributed by atoms with Gasteiger partial charge in [0.05, 0.1) is 13.7 Å². The van der Waals surface area contributed by atoms with Gasteiger partial charge in [-0.2, -0.15) is 13.2 Å². The van der Waals surface area contributed by atoms with Gasteiger partial charge in [-0.1, -0.05) is 6.07 Å². The molecule has 2 N–H and O–H groups in total. The molecule has 1 fully saturated rings. The zero-order valence-electron chi connectivity index (χ0n) is 17.0. The van der Waals surface area contributed by atoms with Crippen molar-refractivity contribution in [2.45, 2.75) is 24.7 Å². The van der Waals surface area contributed by atoms with E-state index in [1.165, 1.54) is 30.3 Å². The topological polar surface area (TPSA) is 75.7 Å². The minimum atomic E-state index is -4.51. The monoisotopic (exact) mass is 460 g/mol. The number of ether oxygens (including phenoxy) is 2. The van der Waals surface area contributed by atoms with Gasteiger partial charge in [0.15, 0.2) is 6.61 Å². The van der Waals surface area contributed by atoms with Crippen LogP contribution in [0.1, 0.15) is 5.56 Å². The van der Waals surface area contributed by atoms with Crippen LogP contribution in [0.25, 0.3) is 0 Å². The van der Waals surface area contributed by atoms with Crippen molar-refractivity contribution in [3.05, 3.63) is 48.2 Å². The molecule has 174 valence electrons. The Morgan fingerprint density at radius 1 is 1.28 bits per heavy atom. The molecule has 7 nitrogen and oxygen atoms in total. The van der Waals surface area contributed by atoms with E-state index in [-0.39, 0.29) is 19.0 Å². The Balaban J connectivity index is 1.54. The molecule has 1 saturated heterocycles. The van der Waals surface area contributed by atoms with Gasteiger partial charge in [-0.25, -0.2) is 18.6 Å². The molecular formula is C20H21F5N4O3. The van der Waals surface area contributed by atoms with E-state index in [1.54, 1.807) is 24.3 Å². The summed E-state index contributed by atoms with van der Waals surface area (Å²) < 4.78 is 75.3. The normalized spacial score (nSPS) is 17.7. The highest BCUT2D eigenvalue weighted by atomic mass is 19.4. The third-order valence-electron chi connectivity index (χ3n) is 4.67. The van der Waals surface area contributed by atoms with Gasteiger partial charge in [-0.3, -0.25) is 0 Å². The van der Waals surface area contributed by atoms with Crippen LogP contribution in [0.3, 0.4) is 0 Å². The average molecular weight is 460 g/mol. The van der Waals surface area contributed by atoms with Gasteiger partial charge in [0, 0.05) is 37.1 Å². The van der Waals surface area contributed by atoms with E-state index >= 15 is 0 Å². The van der Waals surface area contributed by atoms with Gasteiger partial charge in [0.25, 0.3) is 5.92 Å². The molecule has 1 atom stereocenters. The van der Waals surface area contributed by atoms with Crippen LogP contribution in [0.4, 0.5) is 32.4 Å². The highest BCUT2D eigenvalue weighted by molar-refractivity contribution is 5.74. The number of pyridine rings is 1. The molecule has 12 heteroatoms. The summed E-state index contributed by atoms with van der Waals surface area (Å²) in [5, 5.41) is 4.67. The smallest absolute Gasteiger partial charge is 0.422 e. The van der Waals surface area contributed by atoms with E-state index in [1.807, 2.05) is 0 Å². The zero-order chi connectivity index (χ0) is 23.4. The Hall–Kier alpha value is -3.31. The number of rotatable bonds is 7. The van der Waals surface area contributed by atoms with Crippen molar-refractivity contribution in [1.29, 1.82) is 0 Å². The number of nitrogens with one attached hydrogen (secondary N) is 2. The second-order valence-electron chi connectivity index (χ2n) is 7.13. The van der Waals surface area contributed by atoms with Crippen LogP contribution in [-0.4, -0.2) is 56.0 Å². The summed E-state index contributed by atoms with van der Waals surface area (Å²) in [6, 6.07) is 7.08. The lowest BCUT2D eigenvalue weighted by atomic mass is 10.2. The van der Waals surface area contributed by atoms with Gasteiger partial charge in [0.1, 0.15) is 11.8 Å². The van der Waals surface area contributed by atoms with Crippen LogP contribution < -0.4 is 25.0 Å². The third kappa shape index (κ3) is 6.34. The van der Waals surface area contributed by atoms with Crippen LogP contribution in [-0.2, 0) is 6.54 Å². The first-order valence-corrected chi connectivity index (χ1v) is 9.51. The Morgan fingerprint density at radius 2 is 2.06 bits per heavy atom. The van der Waals surface area contributed by atoms with Crippen LogP contribution in [0.15, 0.2) is 42.6 Å². The van der Waals surface area contributed by atoms with Crippen molar-refractivity contribution >= 4 is 11.7 Å². The molecule has 2 aromatic rings. The molecule has 0 radical (unpaired) electrons. The Kier molecular flexibility index (Phi) is 6.90. The summed E-state index contributed by atoms with van der Waals surface area (Å²) in [5.41, 5.74) is 0.931. The second-order valence-corrected chi connectivity index (χ2v) is 7.13. The summed E-state index contributed by atoms with van der Waals surface area (Å²) >= 11 is 0. The van der Waals surface area contributed by atoms with E-state index in [0.29, 0.717) is 17.0 Å². The molecule has 0 spiro atoms. The number of aromatic nitrogens is 1. The van der Waals surface area contributed by atoms with E-state index in [9.17, 15) is 26.7 Å². The van der Waals surface area contributed by atoms with Crippen LogP contribution in [0.5, 0.6) is 11.6 Å². The fraction of sp³-hybridized carbons (Fsp3) is 0.400. The standard InChI is InChI=1S/C20H21F5N4O3/c1-31-15-4-2-3-14(8-15)29-10-16(19(21,22)11-29)28-18(30)27-9-13-5-6-26-17(7-13)32-12-20(23,24)25/h2-8,16H,9-12H2,1H3,(H2,27,28,30). The average Bonchev–Trinajstić information content (AvgIpc) is 3.04. The molecule has 1 aromatic carbocycles. The molecule has 0 bridgehead atoms. The third-order valence-corrected chi connectivity index (χ3v) is 4.67. The van der Waals surface area contributed by atoms with Crippen molar-refractivity contribution in [3.8, 4) is 11.6 Å². The van der Waals surface area contributed by atoms with Crippen molar-refractivity contribution in [2.75, 3.05) is 31.7 Å². The molecule has 0 aliphatic carbocycles. The number of halogens is 5. The number of amides is 2. The van der Waals surface area contributed by atoms with Gasteiger partial charge in [0.2, 0.25) is 5.88 Å². The summed E-state index contributed by atoms with van der Waals surface area (Å²) in [4.78, 5) is 17.3. The van der Waals surface area contributed by atoms with E-state index in [0.717, 1.165) is 0 Å². The molecule has 2 heterocycles. The van der Waals surface area contributed by atoms with Crippen LogP contribution in [0.2, 0.25) is 0 Å². The predicted octanol–water partition coefficient (Wildman–Crippen LogP) is 3.35. The number of nitrogens with zero attached hydrogens (tertiary/aromatic N) is 2. The maximum absolute atomic E-state index is 14.5. The summed E-state index contributed by atoms with van der Waals surface area (Å²) in [7, 11) is 1.47. The number of hydrogen-bond donors (Lipinski definition) is 2. The van der Waals surface area contributed by atoms with Crippen molar-refractivity contribution in [3.63, 3.8) is 0 Å². The first kappa shape index (κ1) is 23.4. The Labute approximate surface area is 180 Å². The number of carbonyl (C=O) groups excluding carboxylic acids is 1. The highest BCUT2D eigenvalue weighted by Gasteiger charge is 2.49. The SMILES string of the molecule is COc1cccc(N2CC(NC(=O)NCc3ccnc(OCC(F)(F)F)c3)C(F)(F)C2)c1. The lowest BCUT2D eigenvalue weighted by molar-refractivity contribution is -0.154. The zero-order valence-corrected chi connectivity index (χ0v) is 17.0. The van der Waals surface area contributed by atoms with Gasteiger partial charge in [-0.05, 0) is 23.8 Å². The first-order valence-electron chi connectivity index (χ1n) is 9.51. The molecule has 3 rings (SSSR count). The van der Waals surface area contributed by atoms with Crippen molar-refractivity contribution in [2.24, 2.45) is 0 Å². The Morgan fingerprint density at radius 3 is 2.78 bits per heavy atom. The van der Waals surface area contributed by atoms with Crippen LogP contribution >= 0.6 is 0 Å². The molecule has 2 amide bonds. The molecular weight excluding hydrogens is 439 g/mol. The fourth-order valence-corrected chi connectivity index (χ4v) is 3.12. The number of urea groups is 1. The highest BCUT2D eigenvalue weighted by Crippen LogP contribution is 2.32. The molecule has 1 aliphatic heterocycles. The maximum Gasteiger partial charge on any atom is 0.422 e. The van der Waals surface area contributed by atoms with Gasteiger partial charge < -0.3 is 25.0 Å². The number of alkyl halides is 5. The molecule has 1 aromatic heterocycles. The molecule has 0 saturated carbocycles. The molecule has 1 unspecified atom stereocenters. The summed E-state index contributed by atoms with van der Waals surface area (Å²) in [6.45, 7) is -2.31. The number of anilines is 1. The van der Waals surface area contributed by atoms with Crippen molar-refractivity contribution in [1.82, 2.24) is 15.6 Å². The minimum absolute atomic E-state index is 0.113. The van der Waals surface area contributed by atoms with Gasteiger partial charge >= 0.3 is 12.2 Å². The number of carbonyl (C=O) groups is 1. The van der Waals surface area contributed by atoms with E-state index in [2.05, 4.69) is 20.4 Å². The quantitative estimate of drug-likeness (QED) is 0.620. The predicted molar refractivity (Wildman–Crippen MR) is 105 cm³/mol. The molecule has 32 heavy (non-hydrogen) atoms. The van der Waals surface area contributed by atoms with Crippen LogP contribution in [0, 0.1) is 0 Å². The summed E-state index contributed by atoms with van der Waals surface area (Å²) in [6.07, 6.45) is -3.29. The lowest BCUT2D eigenvalue weighted by Gasteiger charge is -2.19. The number of benzene rings is 1. The maximum atomic E-state index is 14.5. The largest absolute Gasteiger partial charge is 0.497 e. The summed E-state index contributed by atoms with van der Waals surface area (Å²) in [5.74, 6) is -2.91. The number of methoxy groups -OCH3 is 1. The van der Waals surface area contributed by atoms with E-state index < -0.39 is 37.3 Å². The Bertz CT molecular complexity index is 941. The van der Waals surface area contributed by atoms with E-state index in [4.69, 9.17) is 4.74 Å².